The van der Waals surface area contributed by atoms with E-state index in [9.17, 15) is 9.59 Å². The van der Waals surface area contributed by atoms with Crippen LogP contribution in [-0.4, -0.2) is 48.3 Å². The fourth-order valence-electron chi connectivity index (χ4n) is 3.01. The third-order valence-electron chi connectivity index (χ3n) is 4.55. The Bertz CT molecular complexity index is 557. The van der Waals surface area contributed by atoms with E-state index in [4.69, 9.17) is 5.73 Å². The Morgan fingerprint density at radius 2 is 1.88 bits per heavy atom. The fourth-order valence-corrected chi connectivity index (χ4v) is 3.01. The predicted molar refractivity (Wildman–Crippen MR) is 99.3 cm³/mol. The van der Waals surface area contributed by atoms with Crippen molar-refractivity contribution >= 4 is 29.9 Å². The molecule has 24 heavy (non-hydrogen) atoms. The molecule has 2 N–H and O–H groups in total. The van der Waals surface area contributed by atoms with Crippen LogP contribution in [0.4, 0.5) is 5.69 Å². The van der Waals surface area contributed by atoms with E-state index >= 15 is 0 Å². The van der Waals surface area contributed by atoms with Crippen LogP contribution < -0.4 is 5.73 Å². The maximum absolute atomic E-state index is 12.5. The summed E-state index contributed by atoms with van der Waals surface area (Å²) in [6.45, 7) is 4.17. The van der Waals surface area contributed by atoms with E-state index in [1.165, 1.54) is 0 Å². The van der Waals surface area contributed by atoms with Gasteiger partial charge >= 0.3 is 0 Å². The number of amides is 2. The summed E-state index contributed by atoms with van der Waals surface area (Å²) in [7, 11) is 1.88. The molecule has 0 spiro atoms. The molecular formula is C18H28ClN3O2. The summed E-state index contributed by atoms with van der Waals surface area (Å²) >= 11 is 0. The highest BCUT2D eigenvalue weighted by Gasteiger charge is 2.29. The van der Waals surface area contributed by atoms with Gasteiger partial charge in [-0.2, -0.15) is 0 Å². The van der Waals surface area contributed by atoms with Gasteiger partial charge in [-0.25, -0.2) is 0 Å². The molecule has 1 aromatic carbocycles. The number of rotatable bonds is 5. The van der Waals surface area contributed by atoms with Gasteiger partial charge in [0.1, 0.15) is 0 Å². The summed E-state index contributed by atoms with van der Waals surface area (Å²) in [5, 5.41) is 0. The zero-order valence-electron chi connectivity index (χ0n) is 14.5. The number of hydrogen-bond acceptors (Lipinski definition) is 3. The number of hydrogen-bond donors (Lipinski definition) is 1. The number of anilines is 1. The first-order chi connectivity index (χ1) is 11.0. The van der Waals surface area contributed by atoms with Gasteiger partial charge in [-0.15, -0.1) is 12.4 Å². The zero-order chi connectivity index (χ0) is 16.8. The lowest BCUT2D eigenvalue weighted by Gasteiger charge is -2.33. The van der Waals surface area contributed by atoms with Crippen LogP contribution in [0.25, 0.3) is 0 Å². The van der Waals surface area contributed by atoms with Crippen LogP contribution >= 0.6 is 12.4 Å². The Kier molecular flexibility index (Phi) is 8.05. The normalized spacial score (nSPS) is 14.8. The van der Waals surface area contributed by atoms with Crippen LogP contribution in [-0.2, 0) is 4.79 Å². The molecule has 0 unspecified atom stereocenters. The van der Waals surface area contributed by atoms with Crippen molar-refractivity contribution in [1.29, 1.82) is 0 Å². The molecule has 1 aliphatic rings. The minimum Gasteiger partial charge on any atom is -0.398 e. The van der Waals surface area contributed by atoms with Gasteiger partial charge in [-0.3, -0.25) is 9.59 Å². The summed E-state index contributed by atoms with van der Waals surface area (Å²) in [6, 6.07) is 7.14. The molecule has 1 fully saturated rings. The molecule has 5 nitrogen and oxygen atoms in total. The van der Waals surface area contributed by atoms with Crippen molar-refractivity contribution < 1.29 is 9.59 Å². The van der Waals surface area contributed by atoms with E-state index in [1.54, 1.807) is 12.1 Å². The van der Waals surface area contributed by atoms with E-state index in [-0.39, 0.29) is 30.1 Å². The minimum atomic E-state index is -0.0339. The molecule has 6 heteroatoms. The van der Waals surface area contributed by atoms with Crippen LogP contribution in [0.1, 0.15) is 43.0 Å². The summed E-state index contributed by atoms with van der Waals surface area (Å²) in [5.41, 5.74) is 6.94. The molecule has 2 rings (SSSR count). The number of unbranched alkanes of at least 4 members (excludes halogenated alkanes) is 1. The highest BCUT2D eigenvalue weighted by atomic mass is 35.5. The first-order valence-electron chi connectivity index (χ1n) is 8.43. The van der Waals surface area contributed by atoms with Crippen molar-refractivity contribution in [2.24, 2.45) is 5.92 Å². The molecule has 134 valence electrons. The van der Waals surface area contributed by atoms with Crippen LogP contribution in [0.15, 0.2) is 24.3 Å². The zero-order valence-corrected chi connectivity index (χ0v) is 15.3. The lowest BCUT2D eigenvalue weighted by molar-refractivity contribution is -0.135. The lowest BCUT2D eigenvalue weighted by Crippen LogP contribution is -2.43. The summed E-state index contributed by atoms with van der Waals surface area (Å²) in [5.74, 6) is 0.215. The maximum Gasteiger partial charge on any atom is 0.255 e. The standard InChI is InChI=1S/C18H27N3O2.ClH/c1-3-4-11-20(2)17(22)14-9-12-21(13-10-14)18(23)15-7-5-6-8-16(15)19;/h5-8,14H,3-4,9-13,19H2,1-2H3;1H. The van der Waals surface area contributed by atoms with E-state index < -0.39 is 0 Å². The van der Waals surface area contributed by atoms with Crippen molar-refractivity contribution in [3.63, 3.8) is 0 Å². The van der Waals surface area contributed by atoms with Crippen LogP contribution in [0, 0.1) is 5.92 Å². The third kappa shape index (κ3) is 4.87. The molecule has 0 bridgehead atoms. The monoisotopic (exact) mass is 353 g/mol. The Morgan fingerprint density at radius 1 is 1.25 bits per heavy atom. The van der Waals surface area contributed by atoms with Gasteiger partial charge in [0, 0.05) is 38.3 Å². The molecule has 0 radical (unpaired) electrons. The number of piperidine rings is 1. The summed E-state index contributed by atoms with van der Waals surface area (Å²) in [4.78, 5) is 28.6. The van der Waals surface area contributed by atoms with Crippen LogP contribution in [0.5, 0.6) is 0 Å². The van der Waals surface area contributed by atoms with Gasteiger partial charge in [0.2, 0.25) is 5.91 Å². The SMILES string of the molecule is CCCCN(C)C(=O)C1CCN(C(=O)c2ccccc2N)CC1.Cl. The van der Waals surface area contributed by atoms with E-state index in [0.29, 0.717) is 24.3 Å². The second kappa shape index (κ2) is 9.52. The van der Waals surface area contributed by atoms with Crippen LogP contribution in [0.2, 0.25) is 0 Å². The number of nitrogen functional groups attached to an aromatic ring is 1. The van der Waals surface area contributed by atoms with Crippen molar-refractivity contribution in [2.75, 3.05) is 32.4 Å². The highest BCUT2D eigenvalue weighted by Crippen LogP contribution is 2.22. The van der Waals surface area contributed by atoms with Gasteiger partial charge in [0.15, 0.2) is 0 Å². The number of nitrogens with two attached hydrogens (primary N) is 1. The number of carbonyl (C=O) groups is 2. The molecule has 0 atom stereocenters. The van der Waals surface area contributed by atoms with Gasteiger partial charge in [-0.05, 0) is 31.4 Å². The fraction of sp³-hybridized carbons (Fsp3) is 0.556. The van der Waals surface area contributed by atoms with Crippen LogP contribution in [0.3, 0.4) is 0 Å². The van der Waals surface area contributed by atoms with Gasteiger partial charge in [0.25, 0.3) is 5.91 Å². The van der Waals surface area contributed by atoms with Crippen molar-refractivity contribution in [1.82, 2.24) is 9.80 Å². The smallest absolute Gasteiger partial charge is 0.255 e. The first kappa shape index (κ1) is 20.3. The molecular weight excluding hydrogens is 326 g/mol. The molecule has 0 aliphatic carbocycles. The van der Waals surface area contributed by atoms with Gasteiger partial charge in [-0.1, -0.05) is 25.5 Å². The Hall–Kier alpha value is -1.75. The van der Waals surface area contributed by atoms with E-state index in [2.05, 4.69) is 6.92 Å². The van der Waals surface area contributed by atoms with Crippen molar-refractivity contribution in [2.45, 2.75) is 32.6 Å². The predicted octanol–water partition coefficient (Wildman–Crippen LogP) is 2.80. The quantitative estimate of drug-likeness (QED) is 0.828. The topological polar surface area (TPSA) is 66.6 Å². The third-order valence-corrected chi connectivity index (χ3v) is 4.55. The molecule has 0 aromatic heterocycles. The molecule has 0 saturated carbocycles. The number of benzene rings is 1. The lowest BCUT2D eigenvalue weighted by atomic mass is 9.94. The first-order valence-corrected chi connectivity index (χ1v) is 8.43. The number of likely N-dealkylation sites (tertiary alicyclic amines) is 1. The summed E-state index contributed by atoms with van der Waals surface area (Å²) < 4.78 is 0. The number of carbonyl (C=O) groups excluding carboxylic acids is 2. The average molecular weight is 354 g/mol. The second-order valence-electron chi connectivity index (χ2n) is 6.27. The Balaban J connectivity index is 0.00000288. The Labute approximate surface area is 150 Å². The minimum absolute atomic E-state index is 0. The number of halogens is 1. The number of para-hydroxylation sites is 1. The second-order valence-corrected chi connectivity index (χ2v) is 6.27. The van der Waals surface area contributed by atoms with E-state index in [0.717, 1.165) is 32.2 Å². The van der Waals surface area contributed by atoms with Gasteiger partial charge in [0.05, 0.1) is 5.56 Å². The maximum atomic E-state index is 12.5. The summed E-state index contributed by atoms with van der Waals surface area (Å²) in [6.07, 6.45) is 3.58. The molecule has 1 aliphatic heterocycles. The highest BCUT2D eigenvalue weighted by molar-refractivity contribution is 5.99. The van der Waals surface area contributed by atoms with Crippen molar-refractivity contribution in [3.8, 4) is 0 Å². The van der Waals surface area contributed by atoms with E-state index in [1.807, 2.05) is 29.0 Å². The average Bonchev–Trinajstić information content (AvgIpc) is 2.59. The Morgan fingerprint density at radius 3 is 2.46 bits per heavy atom. The number of nitrogens with zero attached hydrogens (tertiary/aromatic N) is 2. The molecule has 1 aromatic rings. The largest absolute Gasteiger partial charge is 0.398 e. The van der Waals surface area contributed by atoms with Crippen molar-refractivity contribution in [3.05, 3.63) is 29.8 Å². The molecule has 2 amide bonds. The molecule has 1 saturated heterocycles. The molecule has 1 heterocycles. The van der Waals surface area contributed by atoms with Gasteiger partial charge < -0.3 is 15.5 Å².